The van der Waals surface area contributed by atoms with Crippen molar-refractivity contribution in [1.82, 2.24) is 19.7 Å². The van der Waals surface area contributed by atoms with Gasteiger partial charge in [0.05, 0.1) is 6.20 Å². The molecule has 0 aliphatic carbocycles. The Kier molecular flexibility index (Phi) is 2.09. The van der Waals surface area contributed by atoms with E-state index in [1.54, 1.807) is 10.9 Å². The normalized spacial score (nSPS) is 10.4. The molecular weight excluding hydrogens is 202 g/mol. The van der Waals surface area contributed by atoms with Gasteiger partial charge in [0.2, 0.25) is 0 Å². The van der Waals surface area contributed by atoms with E-state index in [-0.39, 0.29) is 5.82 Å². The van der Waals surface area contributed by atoms with E-state index < -0.39 is 0 Å². The molecule has 2 rings (SSSR count). The molecule has 0 aliphatic rings. The fourth-order valence-corrected chi connectivity index (χ4v) is 1.25. The molecule has 0 fully saturated rings. The van der Waals surface area contributed by atoms with Gasteiger partial charge in [0.1, 0.15) is 17.2 Å². The zero-order chi connectivity index (χ0) is 10.1. The molecule has 2 aromatic rings. The molecule has 14 heavy (non-hydrogen) atoms. The monoisotopic (exact) mass is 209 g/mol. The van der Waals surface area contributed by atoms with E-state index in [0.717, 1.165) is 5.56 Å². The van der Waals surface area contributed by atoms with Crippen LogP contribution in [0.3, 0.4) is 0 Å². The quantitative estimate of drug-likeness (QED) is 0.767. The van der Waals surface area contributed by atoms with Crippen LogP contribution in [0.25, 0.3) is 5.82 Å². The molecule has 0 unspecified atom stereocenters. The Bertz CT molecular complexity index is 465. The number of anilines is 1. The van der Waals surface area contributed by atoms with Crippen LogP contribution in [0.5, 0.6) is 0 Å². The number of halogens is 1. The molecule has 0 spiro atoms. The lowest BCUT2D eigenvalue weighted by atomic mass is 10.4. The van der Waals surface area contributed by atoms with Gasteiger partial charge in [0.15, 0.2) is 5.82 Å². The van der Waals surface area contributed by atoms with E-state index in [9.17, 15) is 0 Å². The molecule has 72 valence electrons. The van der Waals surface area contributed by atoms with Gasteiger partial charge in [-0.2, -0.15) is 5.10 Å². The van der Waals surface area contributed by atoms with Crippen LogP contribution in [0, 0.1) is 6.92 Å². The number of hydrogen-bond donors (Lipinski definition) is 1. The molecule has 5 nitrogen and oxygen atoms in total. The van der Waals surface area contributed by atoms with Crippen molar-refractivity contribution in [3.05, 3.63) is 29.3 Å². The van der Waals surface area contributed by atoms with Gasteiger partial charge in [-0.3, -0.25) is 0 Å². The Morgan fingerprint density at radius 3 is 2.86 bits per heavy atom. The first-order valence-corrected chi connectivity index (χ1v) is 4.34. The van der Waals surface area contributed by atoms with E-state index in [4.69, 9.17) is 17.3 Å². The second-order valence-electron chi connectivity index (χ2n) is 2.86. The zero-order valence-corrected chi connectivity index (χ0v) is 8.23. The molecule has 0 amide bonds. The van der Waals surface area contributed by atoms with Crippen molar-refractivity contribution in [2.45, 2.75) is 6.92 Å². The predicted octanol–water partition coefficient (Wildman–Crippen LogP) is 1.21. The van der Waals surface area contributed by atoms with Crippen LogP contribution in [0.2, 0.25) is 5.02 Å². The molecule has 0 aromatic carbocycles. The molecular formula is C8H8ClN5. The van der Waals surface area contributed by atoms with E-state index in [1.165, 1.54) is 6.33 Å². The third-order valence-corrected chi connectivity index (χ3v) is 2.09. The van der Waals surface area contributed by atoms with E-state index in [1.807, 2.05) is 13.1 Å². The smallest absolute Gasteiger partial charge is 0.177 e. The summed E-state index contributed by atoms with van der Waals surface area (Å²) >= 11 is 5.93. The highest BCUT2D eigenvalue weighted by atomic mass is 35.5. The van der Waals surface area contributed by atoms with Gasteiger partial charge in [-0.1, -0.05) is 11.6 Å². The van der Waals surface area contributed by atoms with Crippen LogP contribution in [0.4, 0.5) is 5.82 Å². The lowest BCUT2D eigenvalue weighted by Crippen LogP contribution is -2.02. The van der Waals surface area contributed by atoms with Crippen molar-refractivity contribution in [3.63, 3.8) is 0 Å². The number of nitrogens with two attached hydrogens (primary N) is 1. The summed E-state index contributed by atoms with van der Waals surface area (Å²) in [4.78, 5) is 7.77. The molecule has 6 heteroatoms. The first-order valence-electron chi connectivity index (χ1n) is 3.96. The van der Waals surface area contributed by atoms with Crippen molar-refractivity contribution in [2.75, 3.05) is 5.73 Å². The molecule has 2 aromatic heterocycles. The molecule has 0 atom stereocenters. The summed E-state index contributed by atoms with van der Waals surface area (Å²) in [6.45, 7) is 1.93. The van der Waals surface area contributed by atoms with E-state index in [2.05, 4.69) is 15.1 Å². The molecule has 0 bridgehead atoms. The average Bonchev–Trinajstić information content (AvgIpc) is 2.57. The van der Waals surface area contributed by atoms with Crippen LogP contribution in [0.1, 0.15) is 5.56 Å². The first kappa shape index (κ1) is 8.96. The number of nitrogen functional groups attached to an aromatic ring is 1. The molecule has 0 radical (unpaired) electrons. The van der Waals surface area contributed by atoms with Crippen LogP contribution in [-0.4, -0.2) is 19.7 Å². The average molecular weight is 210 g/mol. The van der Waals surface area contributed by atoms with Crippen LogP contribution in [0.15, 0.2) is 18.7 Å². The topological polar surface area (TPSA) is 69.6 Å². The number of aromatic nitrogens is 4. The Morgan fingerprint density at radius 1 is 1.43 bits per heavy atom. The molecule has 2 N–H and O–H groups in total. The van der Waals surface area contributed by atoms with Crippen LogP contribution >= 0.6 is 11.6 Å². The van der Waals surface area contributed by atoms with Gasteiger partial charge in [0.25, 0.3) is 0 Å². The summed E-state index contributed by atoms with van der Waals surface area (Å²) in [6, 6.07) is 0. The summed E-state index contributed by atoms with van der Waals surface area (Å²) in [5.74, 6) is 0.747. The highest BCUT2D eigenvalue weighted by Gasteiger charge is 2.08. The Labute approximate surface area is 85.5 Å². The summed E-state index contributed by atoms with van der Waals surface area (Å²) in [5.41, 5.74) is 6.57. The second kappa shape index (κ2) is 3.26. The van der Waals surface area contributed by atoms with Crippen molar-refractivity contribution in [1.29, 1.82) is 0 Å². The molecule has 2 heterocycles. The predicted molar refractivity (Wildman–Crippen MR) is 53.3 cm³/mol. The second-order valence-corrected chi connectivity index (χ2v) is 3.24. The highest BCUT2D eigenvalue weighted by molar-refractivity contribution is 6.34. The van der Waals surface area contributed by atoms with Crippen molar-refractivity contribution in [3.8, 4) is 5.82 Å². The number of aryl methyl sites for hydroxylation is 1. The lowest BCUT2D eigenvalue weighted by molar-refractivity contribution is 0.840. The van der Waals surface area contributed by atoms with Gasteiger partial charge >= 0.3 is 0 Å². The Hall–Kier alpha value is -1.62. The summed E-state index contributed by atoms with van der Waals surface area (Å²) in [5, 5.41) is 4.39. The minimum Gasteiger partial charge on any atom is -0.382 e. The summed E-state index contributed by atoms with van der Waals surface area (Å²) in [7, 11) is 0. The number of hydrogen-bond acceptors (Lipinski definition) is 4. The van der Waals surface area contributed by atoms with Crippen molar-refractivity contribution >= 4 is 17.4 Å². The van der Waals surface area contributed by atoms with Gasteiger partial charge in [-0.15, -0.1) is 0 Å². The highest BCUT2D eigenvalue weighted by Crippen LogP contribution is 2.21. The minimum atomic E-state index is 0.254. The maximum Gasteiger partial charge on any atom is 0.177 e. The summed E-state index contributed by atoms with van der Waals surface area (Å²) < 4.78 is 1.57. The standard InChI is InChI=1S/C8H8ClN5/c1-5-2-13-14(3-5)8-6(9)7(10)11-4-12-8/h2-4H,1H3,(H2,10,11,12). The SMILES string of the molecule is Cc1cnn(-c2ncnc(N)c2Cl)c1. The molecule has 0 saturated heterocycles. The van der Waals surface area contributed by atoms with Gasteiger partial charge < -0.3 is 5.73 Å². The number of nitrogens with zero attached hydrogens (tertiary/aromatic N) is 4. The Morgan fingerprint density at radius 2 is 2.21 bits per heavy atom. The maximum absolute atomic E-state index is 5.93. The van der Waals surface area contributed by atoms with Crippen LogP contribution < -0.4 is 5.73 Å². The zero-order valence-electron chi connectivity index (χ0n) is 7.48. The molecule has 0 saturated carbocycles. The van der Waals surface area contributed by atoms with Gasteiger partial charge in [-0.05, 0) is 12.5 Å². The number of rotatable bonds is 1. The van der Waals surface area contributed by atoms with Crippen molar-refractivity contribution < 1.29 is 0 Å². The maximum atomic E-state index is 5.93. The largest absolute Gasteiger partial charge is 0.382 e. The fourth-order valence-electron chi connectivity index (χ4n) is 1.06. The fraction of sp³-hybridized carbons (Fsp3) is 0.125. The van der Waals surface area contributed by atoms with E-state index >= 15 is 0 Å². The lowest BCUT2D eigenvalue weighted by Gasteiger charge is -2.03. The van der Waals surface area contributed by atoms with Crippen molar-refractivity contribution in [2.24, 2.45) is 0 Å². The Balaban J connectivity index is 2.57. The van der Waals surface area contributed by atoms with Crippen LogP contribution in [-0.2, 0) is 0 Å². The van der Waals surface area contributed by atoms with Gasteiger partial charge in [0, 0.05) is 6.20 Å². The molecule has 0 aliphatic heterocycles. The third-order valence-electron chi connectivity index (χ3n) is 1.73. The van der Waals surface area contributed by atoms with E-state index in [0.29, 0.717) is 10.8 Å². The third kappa shape index (κ3) is 1.42. The van der Waals surface area contributed by atoms with Gasteiger partial charge in [-0.25, -0.2) is 14.6 Å². The first-order chi connectivity index (χ1) is 6.68. The minimum absolute atomic E-state index is 0.254. The summed E-state index contributed by atoms with van der Waals surface area (Å²) in [6.07, 6.45) is 4.88.